The van der Waals surface area contributed by atoms with Crippen LogP contribution in [0.15, 0.2) is 0 Å². The van der Waals surface area contributed by atoms with Gasteiger partial charge in [-0.3, -0.25) is 9.69 Å². The highest BCUT2D eigenvalue weighted by Gasteiger charge is 2.09. The third-order valence-corrected chi connectivity index (χ3v) is 2.21. The number of ketones is 1. The van der Waals surface area contributed by atoms with Gasteiger partial charge in [0.25, 0.3) is 0 Å². The summed E-state index contributed by atoms with van der Waals surface area (Å²) in [6.45, 7) is 7.78. The lowest BCUT2D eigenvalue weighted by molar-refractivity contribution is -0.122. The van der Waals surface area contributed by atoms with Crippen LogP contribution in [0.1, 0.15) is 40.0 Å². The third-order valence-electron chi connectivity index (χ3n) is 2.21. The van der Waals surface area contributed by atoms with Crippen molar-refractivity contribution in [3.05, 3.63) is 0 Å². The Morgan fingerprint density at radius 3 is 2.38 bits per heavy atom. The molecule has 0 spiro atoms. The van der Waals surface area contributed by atoms with Gasteiger partial charge >= 0.3 is 0 Å². The first kappa shape index (κ1) is 12.6. The number of Topliss-reactive ketones (excluding diaryl/α,β-unsaturated/α-hetero) is 1. The Labute approximate surface area is 82.3 Å². The molecule has 2 nitrogen and oxygen atoms in total. The van der Waals surface area contributed by atoms with E-state index in [0.29, 0.717) is 12.3 Å². The number of nitrogens with zero attached hydrogens (tertiary/aromatic N) is 1. The van der Waals surface area contributed by atoms with Crippen molar-refractivity contribution in [1.29, 1.82) is 0 Å². The number of carbonyl (C=O) groups is 1. The summed E-state index contributed by atoms with van der Waals surface area (Å²) >= 11 is 0. The van der Waals surface area contributed by atoms with Crippen molar-refractivity contribution >= 4 is 5.78 Å². The summed E-state index contributed by atoms with van der Waals surface area (Å²) in [6, 6.07) is 0. The predicted octanol–water partition coefficient (Wildman–Crippen LogP) is 2.33. The molecule has 0 aliphatic heterocycles. The number of carbonyl (C=O) groups excluding carboxylic acids is 1. The zero-order valence-corrected chi connectivity index (χ0v) is 9.47. The average molecular weight is 185 g/mol. The van der Waals surface area contributed by atoms with Crippen LogP contribution < -0.4 is 0 Å². The van der Waals surface area contributed by atoms with Gasteiger partial charge in [0.1, 0.15) is 5.78 Å². The zero-order valence-electron chi connectivity index (χ0n) is 9.47. The summed E-state index contributed by atoms with van der Waals surface area (Å²) in [4.78, 5) is 13.5. The molecule has 13 heavy (non-hydrogen) atoms. The predicted molar refractivity (Wildman–Crippen MR) is 56.9 cm³/mol. The molecule has 0 saturated heterocycles. The van der Waals surface area contributed by atoms with Crippen LogP contribution in [0.4, 0.5) is 0 Å². The summed E-state index contributed by atoms with van der Waals surface area (Å²) in [5, 5.41) is 0. The zero-order chi connectivity index (χ0) is 10.3. The van der Waals surface area contributed by atoms with Crippen molar-refractivity contribution in [2.75, 3.05) is 20.1 Å². The van der Waals surface area contributed by atoms with Crippen LogP contribution in [0.3, 0.4) is 0 Å². The van der Waals surface area contributed by atoms with Gasteiger partial charge in [0.2, 0.25) is 0 Å². The van der Waals surface area contributed by atoms with E-state index in [-0.39, 0.29) is 5.92 Å². The van der Waals surface area contributed by atoms with Crippen LogP contribution in [0.5, 0.6) is 0 Å². The molecule has 0 rings (SSSR count). The van der Waals surface area contributed by atoms with E-state index in [2.05, 4.69) is 11.8 Å². The van der Waals surface area contributed by atoms with Crippen LogP contribution in [-0.4, -0.2) is 30.8 Å². The van der Waals surface area contributed by atoms with E-state index >= 15 is 0 Å². The molecule has 0 aliphatic rings. The average Bonchev–Trinajstić information content (AvgIpc) is 2.04. The van der Waals surface area contributed by atoms with E-state index in [9.17, 15) is 4.79 Å². The first-order valence-corrected chi connectivity index (χ1v) is 5.29. The highest BCUT2D eigenvalue weighted by molar-refractivity contribution is 5.82. The minimum Gasteiger partial charge on any atom is -0.299 e. The Kier molecular flexibility index (Phi) is 6.87. The van der Waals surface area contributed by atoms with Crippen molar-refractivity contribution in [3.8, 4) is 0 Å². The van der Waals surface area contributed by atoms with Gasteiger partial charge in [-0.25, -0.2) is 0 Å². The van der Waals surface area contributed by atoms with E-state index in [1.807, 2.05) is 20.9 Å². The molecule has 0 aromatic carbocycles. The Bertz CT molecular complexity index is 143. The molecular weight excluding hydrogens is 162 g/mol. The molecule has 0 heterocycles. The fraction of sp³-hybridized carbons (Fsp3) is 0.909. The fourth-order valence-electron chi connectivity index (χ4n) is 1.16. The molecule has 0 fully saturated rings. The SMILES string of the molecule is CCCCCN(C)CC(=O)C(C)C. The number of likely N-dealkylation sites (N-methyl/N-ethyl adjacent to an activating group) is 1. The van der Waals surface area contributed by atoms with Gasteiger partial charge in [0.05, 0.1) is 6.54 Å². The van der Waals surface area contributed by atoms with E-state index in [1.54, 1.807) is 0 Å². The maximum absolute atomic E-state index is 11.3. The lowest BCUT2D eigenvalue weighted by atomic mass is 10.1. The number of unbranched alkanes of at least 4 members (excludes halogenated alkanes) is 2. The van der Waals surface area contributed by atoms with Crippen LogP contribution in [-0.2, 0) is 4.79 Å². The number of hydrogen-bond acceptors (Lipinski definition) is 2. The largest absolute Gasteiger partial charge is 0.299 e. The van der Waals surface area contributed by atoms with Crippen molar-refractivity contribution in [1.82, 2.24) is 4.90 Å². The molecule has 2 heteroatoms. The number of rotatable bonds is 7. The fourth-order valence-corrected chi connectivity index (χ4v) is 1.16. The molecule has 0 atom stereocenters. The second-order valence-electron chi connectivity index (χ2n) is 4.07. The second kappa shape index (κ2) is 7.07. The van der Waals surface area contributed by atoms with Gasteiger partial charge < -0.3 is 0 Å². The topological polar surface area (TPSA) is 20.3 Å². The highest BCUT2D eigenvalue weighted by Crippen LogP contribution is 1.99. The van der Waals surface area contributed by atoms with Crippen LogP contribution in [0.2, 0.25) is 0 Å². The molecule has 0 radical (unpaired) electrons. The van der Waals surface area contributed by atoms with Crippen molar-refractivity contribution in [3.63, 3.8) is 0 Å². The van der Waals surface area contributed by atoms with E-state index < -0.39 is 0 Å². The standard InChI is InChI=1S/C11H23NO/c1-5-6-7-8-12(4)9-11(13)10(2)3/h10H,5-9H2,1-4H3. The minimum atomic E-state index is 0.175. The molecule has 0 N–H and O–H groups in total. The summed E-state index contributed by atoms with van der Waals surface area (Å²) < 4.78 is 0. The van der Waals surface area contributed by atoms with Gasteiger partial charge in [0.15, 0.2) is 0 Å². The molecule has 0 amide bonds. The van der Waals surface area contributed by atoms with Crippen LogP contribution in [0, 0.1) is 5.92 Å². The molecule has 0 aromatic rings. The van der Waals surface area contributed by atoms with Gasteiger partial charge in [-0.1, -0.05) is 33.6 Å². The molecule has 0 saturated carbocycles. The number of hydrogen-bond donors (Lipinski definition) is 0. The maximum atomic E-state index is 11.3. The Balaban J connectivity index is 3.50. The smallest absolute Gasteiger partial charge is 0.149 e. The molecule has 0 unspecified atom stereocenters. The van der Waals surface area contributed by atoms with Gasteiger partial charge in [-0.2, -0.15) is 0 Å². The lowest BCUT2D eigenvalue weighted by Gasteiger charge is -2.16. The molecule has 78 valence electrons. The highest BCUT2D eigenvalue weighted by atomic mass is 16.1. The van der Waals surface area contributed by atoms with Gasteiger partial charge in [-0.15, -0.1) is 0 Å². The Morgan fingerprint density at radius 1 is 1.31 bits per heavy atom. The van der Waals surface area contributed by atoms with Gasteiger partial charge in [0, 0.05) is 5.92 Å². The maximum Gasteiger partial charge on any atom is 0.149 e. The Hall–Kier alpha value is -0.370. The molecular formula is C11H23NO. The Morgan fingerprint density at radius 2 is 1.92 bits per heavy atom. The van der Waals surface area contributed by atoms with E-state index in [4.69, 9.17) is 0 Å². The van der Waals surface area contributed by atoms with Crippen molar-refractivity contribution < 1.29 is 4.79 Å². The summed E-state index contributed by atoms with van der Waals surface area (Å²) in [7, 11) is 2.02. The minimum absolute atomic E-state index is 0.175. The quantitative estimate of drug-likeness (QED) is 0.567. The van der Waals surface area contributed by atoms with Crippen LogP contribution >= 0.6 is 0 Å². The third kappa shape index (κ3) is 6.76. The summed E-state index contributed by atoms with van der Waals surface area (Å²) in [6.07, 6.45) is 3.71. The first-order chi connectivity index (χ1) is 6.07. The van der Waals surface area contributed by atoms with Crippen molar-refractivity contribution in [2.24, 2.45) is 5.92 Å². The molecule has 0 aliphatic carbocycles. The van der Waals surface area contributed by atoms with Crippen molar-refractivity contribution in [2.45, 2.75) is 40.0 Å². The van der Waals surface area contributed by atoms with E-state index in [1.165, 1.54) is 19.3 Å². The van der Waals surface area contributed by atoms with E-state index in [0.717, 1.165) is 6.54 Å². The second-order valence-corrected chi connectivity index (χ2v) is 4.07. The monoisotopic (exact) mass is 185 g/mol. The normalized spacial score (nSPS) is 11.2. The first-order valence-electron chi connectivity index (χ1n) is 5.29. The summed E-state index contributed by atoms with van der Waals surface area (Å²) in [5.74, 6) is 0.521. The molecule has 0 bridgehead atoms. The summed E-state index contributed by atoms with van der Waals surface area (Å²) in [5.41, 5.74) is 0. The molecule has 0 aromatic heterocycles. The van der Waals surface area contributed by atoms with Gasteiger partial charge in [-0.05, 0) is 20.0 Å². The lowest BCUT2D eigenvalue weighted by Crippen LogP contribution is -2.29. The van der Waals surface area contributed by atoms with Crippen LogP contribution in [0.25, 0.3) is 0 Å².